The summed E-state index contributed by atoms with van der Waals surface area (Å²) in [5.74, 6) is 0.0314. The lowest BCUT2D eigenvalue weighted by Crippen LogP contribution is -2.42. The first-order valence-corrected chi connectivity index (χ1v) is 11.3. The van der Waals surface area contributed by atoms with Crippen molar-refractivity contribution in [3.8, 4) is 11.5 Å². The fraction of sp³-hybridized carbons (Fsp3) is 0.300. The minimum absolute atomic E-state index is 0.0289. The van der Waals surface area contributed by atoms with E-state index in [9.17, 15) is 18.0 Å². The van der Waals surface area contributed by atoms with Crippen molar-refractivity contribution in [2.75, 3.05) is 26.3 Å². The fourth-order valence-electron chi connectivity index (χ4n) is 2.65. The Kier molecular flexibility index (Phi) is 7.72. The van der Waals surface area contributed by atoms with Crippen molar-refractivity contribution in [2.24, 2.45) is 0 Å². The molecule has 9 nitrogen and oxygen atoms in total. The summed E-state index contributed by atoms with van der Waals surface area (Å²) in [7, 11) is -3.77. The van der Waals surface area contributed by atoms with Gasteiger partial charge in [-0.1, -0.05) is 23.7 Å². The Morgan fingerprint density at radius 1 is 1.10 bits per heavy atom. The number of carbonyl (C=O) groups is 2. The third-order valence-electron chi connectivity index (χ3n) is 4.20. The monoisotopic (exact) mass is 468 g/mol. The maximum absolute atomic E-state index is 12.1. The molecular weight excluding hydrogens is 448 g/mol. The molecule has 2 aromatic rings. The molecule has 0 saturated heterocycles. The largest absolute Gasteiger partial charge is 0.486 e. The van der Waals surface area contributed by atoms with E-state index in [1.54, 1.807) is 12.1 Å². The van der Waals surface area contributed by atoms with E-state index in [1.165, 1.54) is 24.3 Å². The number of fused-ring (bicyclic) bond motifs is 1. The molecule has 11 heteroatoms. The van der Waals surface area contributed by atoms with E-state index >= 15 is 0 Å². The van der Waals surface area contributed by atoms with Crippen molar-refractivity contribution < 1.29 is 32.2 Å². The van der Waals surface area contributed by atoms with Crippen molar-refractivity contribution in [1.82, 2.24) is 10.0 Å². The van der Waals surface area contributed by atoms with Gasteiger partial charge in [-0.05, 0) is 36.4 Å². The van der Waals surface area contributed by atoms with Crippen LogP contribution in [0, 0.1) is 0 Å². The summed E-state index contributed by atoms with van der Waals surface area (Å²) < 4.78 is 42.6. The predicted molar refractivity (Wildman–Crippen MR) is 112 cm³/mol. The third-order valence-corrected chi connectivity index (χ3v) is 5.93. The highest BCUT2D eigenvalue weighted by Crippen LogP contribution is 2.30. The molecule has 1 unspecified atom stereocenters. The van der Waals surface area contributed by atoms with Gasteiger partial charge in [-0.3, -0.25) is 9.59 Å². The first-order chi connectivity index (χ1) is 14.8. The lowest BCUT2D eigenvalue weighted by atomic mass is 10.2. The number of esters is 1. The SMILES string of the molecule is O=C(COC(=O)CCNS(=O)(=O)c1ccc(Cl)cc1)NCC1COc2ccccc2O1. The Balaban J connectivity index is 1.32. The van der Waals surface area contributed by atoms with Gasteiger partial charge in [-0.2, -0.15) is 0 Å². The van der Waals surface area contributed by atoms with Gasteiger partial charge >= 0.3 is 5.97 Å². The van der Waals surface area contributed by atoms with Crippen molar-refractivity contribution in [3.63, 3.8) is 0 Å². The highest BCUT2D eigenvalue weighted by Gasteiger charge is 2.21. The van der Waals surface area contributed by atoms with Crippen LogP contribution in [0.25, 0.3) is 0 Å². The van der Waals surface area contributed by atoms with Gasteiger partial charge in [0.1, 0.15) is 12.7 Å². The molecule has 0 aromatic heterocycles. The number of benzene rings is 2. The topological polar surface area (TPSA) is 120 Å². The molecule has 1 amide bonds. The van der Waals surface area contributed by atoms with Crippen LogP contribution in [-0.4, -0.2) is 52.7 Å². The van der Waals surface area contributed by atoms with Gasteiger partial charge in [0.25, 0.3) is 5.91 Å². The van der Waals surface area contributed by atoms with E-state index in [-0.39, 0.29) is 37.1 Å². The summed E-state index contributed by atoms with van der Waals surface area (Å²) in [6.45, 7) is -0.179. The molecule has 31 heavy (non-hydrogen) atoms. The molecule has 1 heterocycles. The summed E-state index contributed by atoms with van der Waals surface area (Å²) in [5.41, 5.74) is 0. The van der Waals surface area contributed by atoms with Crippen LogP contribution in [0.2, 0.25) is 5.02 Å². The number of carbonyl (C=O) groups excluding carboxylic acids is 2. The summed E-state index contributed by atoms with van der Waals surface area (Å²) >= 11 is 5.73. The Hall–Kier alpha value is -2.82. The molecule has 2 aromatic carbocycles. The third kappa shape index (κ3) is 6.84. The molecule has 0 radical (unpaired) electrons. The standard InChI is InChI=1S/C20H21ClN2O7S/c21-14-5-7-16(8-6-14)31(26,27)23-10-9-20(25)29-13-19(24)22-11-15-12-28-17-3-1-2-4-18(17)30-15/h1-8,15,23H,9-13H2,(H,22,24). The van der Waals surface area contributed by atoms with Crippen molar-refractivity contribution in [2.45, 2.75) is 17.4 Å². The maximum Gasteiger partial charge on any atom is 0.307 e. The number of hydrogen-bond acceptors (Lipinski definition) is 7. The number of halogens is 1. The first-order valence-electron chi connectivity index (χ1n) is 9.39. The summed E-state index contributed by atoms with van der Waals surface area (Å²) in [5, 5.41) is 3.01. The quantitative estimate of drug-likeness (QED) is 0.535. The average Bonchev–Trinajstić information content (AvgIpc) is 2.76. The molecule has 1 aliphatic heterocycles. The molecule has 0 saturated carbocycles. The Bertz CT molecular complexity index is 1030. The zero-order valence-corrected chi connectivity index (χ0v) is 17.9. The molecule has 0 fully saturated rings. The highest BCUT2D eigenvalue weighted by molar-refractivity contribution is 7.89. The number of amides is 1. The maximum atomic E-state index is 12.1. The van der Waals surface area contributed by atoms with Gasteiger partial charge in [-0.15, -0.1) is 0 Å². The summed E-state index contributed by atoms with van der Waals surface area (Å²) in [6.07, 6.45) is -0.590. The van der Waals surface area contributed by atoms with Crippen LogP contribution in [-0.2, 0) is 24.3 Å². The first kappa shape index (κ1) is 22.9. The predicted octanol–water partition coefficient (Wildman–Crippen LogP) is 1.51. The second kappa shape index (κ2) is 10.5. The molecule has 0 aliphatic carbocycles. The van der Waals surface area contributed by atoms with Crippen LogP contribution in [0.5, 0.6) is 11.5 Å². The van der Waals surface area contributed by atoms with Crippen molar-refractivity contribution >= 4 is 33.5 Å². The van der Waals surface area contributed by atoms with E-state index in [0.717, 1.165) is 0 Å². The van der Waals surface area contributed by atoms with E-state index in [4.69, 9.17) is 25.8 Å². The second-order valence-electron chi connectivity index (χ2n) is 6.56. The Morgan fingerprint density at radius 3 is 2.55 bits per heavy atom. The summed E-state index contributed by atoms with van der Waals surface area (Å²) in [6, 6.07) is 12.8. The van der Waals surface area contributed by atoms with Gasteiger partial charge < -0.3 is 19.5 Å². The van der Waals surface area contributed by atoms with Gasteiger partial charge in [0, 0.05) is 11.6 Å². The number of sulfonamides is 1. The fourth-order valence-corrected chi connectivity index (χ4v) is 3.80. The van der Waals surface area contributed by atoms with E-state index in [0.29, 0.717) is 16.5 Å². The molecule has 0 bridgehead atoms. The second-order valence-corrected chi connectivity index (χ2v) is 8.77. The van der Waals surface area contributed by atoms with Crippen LogP contribution in [0.3, 0.4) is 0 Å². The van der Waals surface area contributed by atoms with Gasteiger partial charge in [-0.25, -0.2) is 13.1 Å². The van der Waals surface area contributed by atoms with Gasteiger partial charge in [0.15, 0.2) is 18.1 Å². The molecule has 2 N–H and O–H groups in total. The van der Waals surface area contributed by atoms with Crippen molar-refractivity contribution in [1.29, 1.82) is 0 Å². The van der Waals surface area contributed by atoms with Crippen LogP contribution >= 0.6 is 11.6 Å². The van der Waals surface area contributed by atoms with Crippen LogP contribution < -0.4 is 19.5 Å². The number of para-hydroxylation sites is 2. The number of rotatable bonds is 9. The minimum Gasteiger partial charge on any atom is -0.486 e. The lowest BCUT2D eigenvalue weighted by molar-refractivity contribution is -0.148. The zero-order chi connectivity index (χ0) is 22.3. The summed E-state index contributed by atoms with van der Waals surface area (Å²) in [4.78, 5) is 23.7. The van der Waals surface area contributed by atoms with Crippen molar-refractivity contribution in [3.05, 3.63) is 53.6 Å². The van der Waals surface area contributed by atoms with Gasteiger partial charge in [0.2, 0.25) is 10.0 Å². The molecule has 1 aliphatic rings. The smallest absolute Gasteiger partial charge is 0.307 e. The van der Waals surface area contributed by atoms with Crippen LogP contribution in [0.1, 0.15) is 6.42 Å². The molecule has 3 rings (SSSR count). The van der Waals surface area contributed by atoms with Crippen LogP contribution in [0.15, 0.2) is 53.4 Å². The highest BCUT2D eigenvalue weighted by atomic mass is 35.5. The average molecular weight is 469 g/mol. The number of hydrogen-bond donors (Lipinski definition) is 2. The van der Waals surface area contributed by atoms with E-state index < -0.39 is 28.5 Å². The van der Waals surface area contributed by atoms with Crippen LogP contribution in [0.4, 0.5) is 0 Å². The molecule has 0 spiro atoms. The number of nitrogens with one attached hydrogen (secondary N) is 2. The zero-order valence-electron chi connectivity index (χ0n) is 16.4. The van der Waals surface area contributed by atoms with E-state index in [2.05, 4.69) is 10.0 Å². The Morgan fingerprint density at radius 2 is 1.81 bits per heavy atom. The molecular formula is C20H21ClN2O7S. The molecule has 1 atom stereocenters. The minimum atomic E-state index is -3.77. The number of ether oxygens (including phenoxy) is 3. The van der Waals surface area contributed by atoms with Gasteiger partial charge in [0.05, 0.1) is 17.9 Å². The normalized spacial score (nSPS) is 15.2. The lowest BCUT2D eigenvalue weighted by Gasteiger charge is -2.26. The molecule has 166 valence electrons. The van der Waals surface area contributed by atoms with E-state index in [1.807, 2.05) is 12.1 Å². The Labute approximate surface area is 184 Å².